The molecule has 0 bridgehead atoms. The van der Waals surface area contributed by atoms with Crippen LogP contribution in [0.4, 0.5) is 0 Å². The van der Waals surface area contributed by atoms with E-state index in [1.54, 1.807) is 19.1 Å². The number of rotatable bonds is 4. The Hall–Kier alpha value is -0.430. The fraction of sp³-hybridized carbons (Fsp3) is 0.571. The summed E-state index contributed by atoms with van der Waals surface area (Å²) in [7, 11) is -3.54. The first-order chi connectivity index (χ1) is 9.44. The summed E-state index contributed by atoms with van der Waals surface area (Å²) in [5.41, 5.74) is 1.26. The summed E-state index contributed by atoms with van der Waals surface area (Å²) in [5, 5.41) is 9.23. The van der Waals surface area contributed by atoms with Gasteiger partial charge in [-0.15, -0.1) is 0 Å². The van der Waals surface area contributed by atoms with Crippen LogP contribution < -0.4 is 4.72 Å². The molecule has 2 rings (SSSR count). The number of hydrogen-bond acceptors (Lipinski definition) is 3. The van der Waals surface area contributed by atoms with E-state index in [2.05, 4.69) is 20.7 Å². The van der Waals surface area contributed by atoms with Crippen LogP contribution in [0, 0.1) is 6.92 Å². The first kappa shape index (κ1) is 15.9. The quantitative estimate of drug-likeness (QED) is 0.866. The lowest BCUT2D eigenvalue weighted by atomic mass is 9.96. The lowest BCUT2D eigenvalue weighted by molar-refractivity contribution is 0.281. The molecule has 2 N–H and O–H groups in total. The number of hydrogen-bond donors (Lipinski definition) is 2. The maximum atomic E-state index is 12.5. The molecule has 4 nitrogen and oxygen atoms in total. The summed E-state index contributed by atoms with van der Waals surface area (Å²) in [5.74, 6) is 0. The molecule has 1 aromatic rings. The first-order valence-corrected chi connectivity index (χ1v) is 9.14. The molecule has 0 unspecified atom stereocenters. The van der Waals surface area contributed by atoms with Crippen molar-refractivity contribution in [1.82, 2.24) is 4.72 Å². The van der Waals surface area contributed by atoms with Gasteiger partial charge in [0, 0.05) is 10.5 Å². The molecule has 0 aromatic heterocycles. The minimum absolute atomic E-state index is 0.0321. The molecule has 1 fully saturated rings. The molecule has 112 valence electrons. The second-order valence-corrected chi connectivity index (χ2v) is 7.85. The topological polar surface area (TPSA) is 66.4 Å². The zero-order valence-electron chi connectivity index (χ0n) is 11.5. The average molecular weight is 362 g/mol. The summed E-state index contributed by atoms with van der Waals surface area (Å²) in [6, 6.07) is 3.32. The van der Waals surface area contributed by atoms with E-state index < -0.39 is 10.0 Å². The molecule has 1 aliphatic carbocycles. The van der Waals surface area contributed by atoms with E-state index in [9.17, 15) is 13.5 Å². The zero-order valence-corrected chi connectivity index (χ0v) is 13.9. The number of aliphatic hydroxyl groups excluding tert-OH is 1. The van der Waals surface area contributed by atoms with Crippen LogP contribution in [0.1, 0.15) is 43.2 Å². The summed E-state index contributed by atoms with van der Waals surface area (Å²) in [6.07, 6.45) is 5.14. The van der Waals surface area contributed by atoms with Crippen molar-refractivity contribution in [2.24, 2.45) is 0 Å². The van der Waals surface area contributed by atoms with Crippen molar-refractivity contribution in [2.45, 2.75) is 56.6 Å². The predicted molar refractivity (Wildman–Crippen MR) is 82.0 cm³/mol. The van der Waals surface area contributed by atoms with Crippen LogP contribution in [0.25, 0.3) is 0 Å². The van der Waals surface area contributed by atoms with E-state index in [4.69, 9.17) is 0 Å². The first-order valence-electron chi connectivity index (χ1n) is 6.86. The molecule has 6 heteroatoms. The molecule has 1 aromatic carbocycles. The SMILES string of the molecule is Cc1c(Br)cc(CO)cc1S(=O)(=O)NC1CCCCC1. The van der Waals surface area contributed by atoms with Crippen LogP contribution in [-0.2, 0) is 16.6 Å². The number of sulfonamides is 1. The molecule has 1 aliphatic rings. The lowest BCUT2D eigenvalue weighted by Crippen LogP contribution is -2.36. The summed E-state index contributed by atoms with van der Waals surface area (Å²) < 4.78 is 28.6. The molecule has 0 spiro atoms. The van der Waals surface area contributed by atoms with Gasteiger partial charge in [0.05, 0.1) is 11.5 Å². The standard InChI is InChI=1S/C14H20BrNO3S/c1-10-13(15)7-11(9-17)8-14(10)20(18,19)16-12-5-3-2-4-6-12/h7-8,12,16-17H,2-6,9H2,1H3. The fourth-order valence-corrected chi connectivity index (χ4v) is 4.84. The Kier molecular flexibility index (Phi) is 5.23. The highest BCUT2D eigenvalue weighted by atomic mass is 79.9. The van der Waals surface area contributed by atoms with Gasteiger partial charge >= 0.3 is 0 Å². The van der Waals surface area contributed by atoms with Crippen LogP contribution in [0.5, 0.6) is 0 Å². The predicted octanol–water partition coefficient (Wildman–Crippen LogP) is 2.86. The van der Waals surface area contributed by atoms with E-state index in [-0.39, 0.29) is 17.5 Å². The van der Waals surface area contributed by atoms with Crippen LogP contribution in [0.3, 0.4) is 0 Å². The largest absolute Gasteiger partial charge is 0.392 e. The number of aliphatic hydroxyl groups is 1. The smallest absolute Gasteiger partial charge is 0.241 e. The van der Waals surface area contributed by atoms with Gasteiger partial charge < -0.3 is 5.11 Å². The minimum atomic E-state index is -3.54. The maximum absolute atomic E-state index is 12.5. The Labute approximate surface area is 128 Å². The molecule has 20 heavy (non-hydrogen) atoms. The van der Waals surface area contributed by atoms with Gasteiger partial charge in [-0.3, -0.25) is 0 Å². The highest BCUT2D eigenvalue weighted by molar-refractivity contribution is 9.10. The van der Waals surface area contributed by atoms with E-state index in [0.29, 0.717) is 15.6 Å². The fourth-order valence-electron chi connectivity index (χ4n) is 2.58. The highest BCUT2D eigenvalue weighted by Gasteiger charge is 2.24. The lowest BCUT2D eigenvalue weighted by Gasteiger charge is -2.23. The third kappa shape index (κ3) is 3.61. The Morgan fingerprint density at radius 1 is 1.30 bits per heavy atom. The van der Waals surface area contributed by atoms with Gasteiger partial charge in [0.2, 0.25) is 10.0 Å². The molecule has 1 saturated carbocycles. The van der Waals surface area contributed by atoms with E-state index in [0.717, 1.165) is 25.7 Å². The number of nitrogens with one attached hydrogen (secondary N) is 1. The molecular formula is C14H20BrNO3S. The van der Waals surface area contributed by atoms with Crippen molar-refractivity contribution in [3.05, 3.63) is 27.7 Å². The van der Waals surface area contributed by atoms with Gasteiger partial charge in [-0.25, -0.2) is 13.1 Å². The van der Waals surface area contributed by atoms with E-state index >= 15 is 0 Å². The molecule has 0 atom stereocenters. The zero-order chi connectivity index (χ0) is 14.8. The molecule has 0 saturated heterocycles. The van der Waals surface area contributed by atoms with Crippen LogP contribution in [-0.4, -0.2) is 19.6 Å². The van der Waals surface area contributed by atoms with E-state index in [1.165, 1.54) is 6.42 Å². The van der Waals surface area contributed by atoms with Crippen molar-refractivity contribution < 1.29 is 13.5 Å². The molecule has 0 aliphatic heterocycles. The van der Waals surface area contributed by atoms with Gasteiger partial charge in [-0.05, 0) is 43.0 Å². The maximum Gasteiger partial charge on any atom is 0.241 e. The summed E-state index contributed by atoms with van der Waals surface area (Å²) in [6.45, 7) is 1.59. The van der Waals surface area contributed by atoms with Crippen LogP contribution in [0.15, 0.2) is 21.5 Å². The summed E-state index contributed by atoms with van der Waals surface area (Å²) >= 11 is 3.35. The molecule has 0 heterocycles. The normalized spacial score (nSPS) is 17.4. The molecule has 0 radical (unpaired) electrons. The van der Waals surface area contributed by atoms with Crippen LogP contribution in [0.2, 0.25) is 0 Å². The van der Waals surface area contributed by atoms with Crippen molar-refractivity contribution >= 4 is 26.0 Å². The third-order valence-corrected chi connectivity index (χ3v) is 6.23. The Morgan fingerprint density at radius 2 is 1.95 bits per heavy atom. The van der Waals surface area contributed by atoms with Crippen molar-refractivity contribution in [2.75, 3.05) is 0 Å². The average Bonchev–Trinajstić information content (AvgIpc) is 2.42. The monoisotopic (exact) mass is 361 g/mol. The second-order valence-electron chi connectivity index (χ2n) is 5.32. The van der Waals surface area contributed by atoms with E-state index in [1.807, 2.05) is 0 Å². The van der Waals surface area contributed by atoms with Gasteiger partial charge in [0.15, 0.2) is 0 Å². The van der Waals surface area contributed by atoms with Crippen molar-refractivity contribution in [1.29, 1.82) is 0 Å². The molecule has 0 amide bonds. The Morgan fingerprint density at radius 3 is 2.55 bits per heavy atom. The number of halogens is 1. The van der Waals surface area contributed by atoms with Gasteiger partial charge in [0.25, 0.3) is 0 Å². The van der Waals surface area contributed by atoms with Gasteiger partial charge in [-0.2, -0.15) is 0 Å². The van der Waals surface area contributed by atoms with Crippen molar-refractivity contribution in [3.63, 3.8) is 0 Å². The third-order valence-electron chi connectivity index (χ3n) is 3.76. The number of benzene rings is 1. The van der Waals surface area contributed by atoms with Crippen LogP contribution >= 0.6 is 15.9 Å². The summed E-state index contributed by atoms with van der Waals surface area (Å²) in [4.78, 5) is 0.251. The van der Waals surface area contributed by atoms with Gasteiger partial charge in [-0.1, -0.05) is 35.2 Å². The Bertz CT molecular complexity index is 580. The minimum Gasteiger partial charge on any atom is -0.392 e. The second kappa shape index (κ2) is 6.56. The Balaban J connectivity index is 2.30. The van der Waals surface area contributed by atoms with Crippen molar-refractivity contribution in [3.8, 4) is 0 Å². The highest BCUT2D eigenvalue weighted by Crippen LogP contribution is 2.27. The van der Waals surface area contributed by atoms with Gasteiger partial charge in [0.1, 0.15) is 0 Å². The molecular weight excluding hydrogens is 342 g/mol.